The predicted octanol–water partition coefficient (Wildman–Crippen LogP) is 4.39. The monoisotopic (exact) mass is 324 g/mol. The first-order valence-electron chi connectivity index (χ1n) is 6.49. The topological polar surface area (TPSA) is 57.5 Å². The number of benzene rings is 2. The fraction of sp³-hybridized carbons (Fsp3) is 0.125. The Balaban J connectivity index is 2.29. The summed E-state index contributed by atoms with van der Waals surface area (Å²) in [6.07, 6.45) is 3.36. The summed E-state index contributed by atoms with van der Waals surface area (Å²) in [5.41, 5.74) is -2.45. The largest absolute Gasteiger partial charge is 0.399 e. The molecule has 0 saturated heterocycles. The number of rotatable bonds is 4. The molecule has 0 amide bonds. The second kappa shape index (κ2) is 6.13. The second-order valence-corrected chi connectivity index (χ2v) is 6.60. The summed E-state index contributed by atoms with van der Waals surface area (Å²) in [6.45, 7) is 1.96. The molecule has 3 nitrogen and oxygen atoms in total. The highest BCUT2D eigenvalue weighted by atomic mass is 31.2. The number of hydrogen-bond donors (Lipinski definition) is 2. The van der Waals surface area contributed by atoms with Gasteiger partial charge in [-0.2, -0.15) is 8.78 Å². The molecule has 0 aliphatic rings. The molecule has 2 aromatic carbocycles. The van der Waals surface area contributed by atoms with Crippen LogP contribution in [0.4, 0.5) is 8.78 Å². The lowest BCUT2D eigenvalue weighted by Gasteiger charge is -2.18. The Morgan fingerprint density at radius 2 is 1.59 bits per heavy atom. The van der Waals surface area contributed by atoms with E-state index in [1.807, 2.05) is 31.2 Å². The third-order valence-corrected chi connectivity index (χ3v) is 4.14. The third-order valence-electron chi connectivity index (χ3n) is 3.15. The lowest BCUT2D eigenvalue weighted by molar-refractivity contribution is 0.0564. The van der Waals surface area contributed by atoms with Gasteiger partial charge in [0.1, 0.15) is 0 Å². The molecule has 22 heavy (non-hydrogen) atoms. The van der Waals surface area contributed by atoms with E-state index in [2.05, 4.69) is 0 Å². The smallest absolute Gasteiger partial charge is 0.320 e. The minimum absolute atomic E-state index is 0.436. The van der Waals surface area contributed by atoms with Crippen LogP contribution in [0.25, 0.3) is 12.2 Å². The molecule has 0 radical (unpaired) electrons. The molecule has 116 valence electrons. The van der Waals surface area contributed by atoms with E-state index >= 15 is 0 Å². The lowest BCUT2D eigenvalue weighted by atomic mass is 10.1. The highest BCUT2D eigenvalue weighted by Gasteiger charge is 2.50. The zero-order valence-corrected chi connectivity index (χ0v) is 12.7. The molecule has 0 aliphatic carbocycles. The van der Waals surface area contributed by atoms with Crippen LogP contribution >= 0.6 is 7.60 Å². The zero-order valence-electron chi connectivity index (χ0n) is 11.8. The average Bonchev–Trinajstić information content (AvgIpc) is 2.46. The number of halogens is 2. The van der Waals surface area contributed by atoms with Crippen LogP contribution in [0.5, 0.6) is 0 Å². The summed E-state index contributed by atoms with van der Waals surface area (Å²) in [7, 11) is -5.55. The van der Waals surface area contributed by atoms with Crippen molar-refractivity contribution in [2.75, 3.05) is 0 Å². The fourth-order valence-electron chi connectivity index (χ4n) is 1.87. The molecule has 0 atom stereocenters. The Kier molecular flexibility index (Phi) is 4.61. The maximum absolute atomic E-state index is 13.7. The van der Waals surface area contributed by atoms with Crippen LogP contribution in [0.15, 0.2) is 48.5 Å². The van der Waals surface area contributed by atoms with E-state index in [1.165, 1.54) is 6.07 Å². The molecule has 6 heteroatoms. The van der Waals surface area contributed by atoms with Gasteiger partial charge in [0.25, 0.3) is 0 Å². The van der Waals surface area contributed by atoms with Gasteiger partial charge < -0.3 is 9.79 Å². The van der Waals surface area contributed by atoms with Gasteiger partial charge in [-0.25, -0.2) is 0 Å². The molecule has 0 spiro atoms. The molecule has 2 N–H and O–H groups in total. The van der Waals surface area contributed by atoms with Crippen LogP contribution in [0.2, 0.25) is 0 Å². The first-order chi connectivity index (χ1) is 10.2. The van der Waals surface area contributed by atoms with Crippen molar-refractivity contribution in [2.24, 2.45) is 0 Å². The molecule has 0 saturated carbocycles. The van der Waals surface area contributed by atoms with Crippen molar-refractivity contribution in [1.29, 1.82) is 0 Å². The predicted molar refractivity (Wildman–Crippen MR) is 82.5 cm³/mol. The molecule has 0 unspecified atom stereocenters. The molecule has 2 aromatic rings. The first kappa shape index (κ1) is 16.6. The molecule has 0 bridgehead atoms. The summed E-state index contributed by atoms with van der Waals surface area (Å²) < 4.78 is 38.2. The van der Waals surface area contributed by atoms with Gasteiger partial charge in [-0.3, -0.25) is 4.57 Å². The molecular formula is C16H15F2O3P. The van der Waals surface area contributed by atoms with Gasteiger partial charge in [0.05, 0.1) is 0 Å². The van der Waals surface area contributed by atoms with E-state index in [9.17, 15) is 13.3 Å². The van der Waals surface area contributed by atoms with Crippen molar-refractivity contribution in [2.45, 2.75) is 12.6 Å². The highest BCUT2D eigenvalue weighted by molar-refractivity contribution is 7.52. The summed E-state index contributed by atoms with van der Waals surface area (Å²) in [5, 5.41) is 0. The Morgan fingerprint density at radius 3 is 2.18 bits per heavy atom. The van der Waals surface area contributed by atoms with Gasteiger partial charge in [0.2, 0.25) is 0 Å². The van der Waals surface area contributed by atoms with Gasteiger partial charge in [0, 0.05) is 5.56 Å². The zero-order chi connectivity index (χ0) is 16.4. The van der Waals surface area contributed by atoms with Gasteiger partial charge in [-0.1, -0.05) is 60.2 Å². The third kappa shape index (κ3) is 3.69. The Bertz CT molecular complexity index is 733. The standard InChI is InChI=1S/C16H15F2O3P/c1-12-5-7-13(8-6-12)9-10-14-3-2-4-15(11-14)16(17,18)22(19,20)21/h2-11H,1H3,(H2,19,20,21)/b10-9-. The van der Waals surface area contributed by atoms with E-state index in [-0.39, 0.29) is 0 Å². The molecular weight excluding hydrogens is 309 g/mol. The minimum Gasteiger partial charge on any atom is -0.320 e. The second-order valence-electron chi connectivity index (χ2n) is 4.95. The van der Waals surface area contributed by atoms with Crippen LogP contribution in [0.3, 0.4) is 0 Å². The molecule has 0 aliphatic heterocycles. The highest BCUT2D eigenvalue weighted by Crippen LogP contribution is 2.59. The van der Waals surface area contributed by atoms with Crippen LogP contribution in [-0.4, -0.2) is 9.79 Å². The summed E-state index contributed by atoms with van der Waals surface area (Å²) in [5.74, 6) is 0. The Hall–Kier alpha value is -1.81. The summed E-state index contributed by atoms with van der Waals surface area (Å²) >= 11 is 0. The number of hydrogen-bond acceptors (Lipinski definition) is 1. The lowest BCUT2D eigenvalue weighted by Crippen LogP contribution is -2.13. The molecule has 2 rings (SSSR count). The van der Waals surface area contributed by atoms with E-state index in [4.69, 9.17) is 9.79 Å². The SMILES string of the molecule is Cc1ccc(/C=C\c2cccc(C(F)(F)P(=O)(O)O)c2)cc1. The quantitative estimate of drug-likeness (QED) is 0.648. The van der Waals surface area contributed by atoms with E-state index in [1.54, 1.807) is 18.2 Å². The number of alkyl halides is 2. The molecule has 0 heterocycles. The first-order valence-corrected chi connectivity index (χ1v) is 8.10. The van der Waals surface area contributed by atoms with Crippen LogP contribution < -0.4 is 0 Å². The van der Waals surface area contributed by atoms with E-state index < -0.39 is 18.8 Å². The van der Waals surface area contributed by atoms with Gasteiger partial charge >= 0.3 is 13.3 Å². The van der Waals surface area contributed by atoms with E-state index in [0.717, 1.165) is 23.3 Å². The van der Waals surface area contributed by atoms with Crippen LogP contribution in [0.1, 0.15) is 22.3 Å². The van der Waals surface area contributed by atoms with Crippen molar-refractivity contribution in [1.82, 2.24) is 0 Å². The van der Waals surface area contributed by atoms with Gasteiger partial charge in [-0.05, 0) is 24.1 Å². The Morgan fingerprint density at radius 1 is 1.00 bits per heavy atom. The van der Waals surface area contributed by atoms with E-state index in [0.29, 0.717) is 5.56 Å². The van der Waals surface area contributed by atoms with Crippen LogP contribution in [0, 0.1) is 6.92 Å². The normalized spacial score (nSPS) is 12.8. The fourth-order valence-corrected chi connectivity index (χ4v) is 2.34. The maximum atomic E-state index is 13.7. The average molecular weight is 324 g/mol. The van der Waals surface area contributed by atoms with Crippen molar-refractivity contribution in [3.63, 3.8) is 0 Å². The summed E-state index contributed by atoms with van der Waals surface area (Å²) in [6, 6.07) is 12.6. The Labute approximate surface area is 127 Å². The number of aryl methyl sites for hydroxylation is 1. The van der Waals surface area contributed by atoms with Gasteiger partial charge in [-0.15, -0.1) is 0 Å². The molecule has 0 fully saturated rings. The van der Waals surface area contributed by atoms with Gasteiger partial charge in [0.15, 0.2) is 0 Å². The van der Waals surface area contributed by atoms with Crippen molar-refractivity contribution in [3.8, 4) is 0 Å². The molecule has 0 aromatic heterocycles. The van der Waals surface area contributed by atoms with Crippen molar-refractivity contribution < 1.29 is 23.1 Å². The van der Waals surface area contributed by atoms with Crippen molar-refractivity contribution in [3.05, 3.63) is 70.8 Å². The van der Waals surface area contributed by atoms with Crippen molar-refractivity contribution >= 4 is 19.7 Å². The summed E-state index contributed by atoms with van der Waals surface area (Å²) in [4.78, 5) is 17.5. The minimum atomic E-state index is -5.55. The van der Waals surface area contributed by atoms with Crippen LogP contribution in [-0.2, 0) is 10.2 Å². The maximum Gasteiger partial charge on any atom is 0.399 e.